The van der Waals surface area contributed by atoms with E-state index in [1.807, 2.05) is 37.3 Å². The Hall–Kier alpha value is -2.69. The number of benzene rings is 2. The molecule has 1 atom stereocenters. The largest absolute Gasteiger partial charge is 0.331 e. The predicted molar refractivity (Wildman–Crippen MR) is 99.3 cm³/mol. The number of nitrogens with zero attached hydrogens (tertiary/aromatic N) is 2. The number of aryl methyl sites for hydroxylation is 1. The van der Waals surface area contributed by atoms with Gasteiger partial charge in [-0.3, -0.25) is 9.59 Å². The molecule has 1 aliphatic rings. The summed E-state index contributed by atoms with van der Waals surface area (Å²) in [7, 11) is 0. The minimum absolute atomic E-state index is 0.0202. The number of hydrogen-bond donors (Lipinski definition) is 0. The van der Waals surface area contributed by atoms with Gasteiger partial charge in [-0.15, -0.1) is 0 Å². The molecule has 0 radical (unpaired) electrons. The summed E-state index contributed by atoms with van der Waals surface area (Å²) < 4.78 is 13.0. The van der Waals surface area contributed by atoms with Gasteiger partial charge in [0.25, 0.3) is 0 Å². The van der Waals surface area contributed by atoms with Gasteiger partial charge < -0.3 is 9.80 Å². The number of anilines is 1. The summed E-state index contributed by atoms with van der Waals surface area (Å²) in [5, 5.41) is 0. The predicted octanol–water partition coefficient (Wildman–Crippen LogP) is 3.41. The summed E-state index contributed by atoms with van der Waals surface area (Å²) in [4.78, 5) is 28.9. The van der Waals surface area contributed by atoms with E-state index in [1.165, 1.54) is 12.1 Å². The Labute approximate surface area is 153 Å². The molecule has 1 aliphatic heterocycles. The second kappa shape index (κ2) is 8.13. The Kier molecular flexibility index (Phi) is 5.66. The Bertz CT molecular complexity index is 761. The molecular formula is C21H23FN2O2. The third-order valence-electron chi connectivity index (χ3n) is 4.82. The van der Waals surface area contributed by atoms with Crippen LogP contribution in [0.2, 0.25) is 0 Å². The highest BCUT2D eigenvalue weighted by Crippen LogP contribution is 2.24. The molecule has 2 aromatic rings. The van der Waals surface area contributed by atoms with Crippen LogP contribution < -0.4 is 4.90 Å². The monoisotopic (exact) mass is 354 g/mol. The number of hydrogen-bond acceptors (Lipinski definition) is 2. The van der Waals surface area contributed by atoms with Crippen LogP contribution in [0.4, 0.5) is 10.1 Å². The van der Waals surface area contributed by atoms with Gasteiger partial charge in [0.2, 0.25) is 11.8 Å². The molecule has 3 rings (SSSR count). The lowest BCUT2D eigenvalue weighted by molar-refractivity contribution is -0.138. The van der Waals surface area contributed by atoms with E-state index < -0.39 is 6.04 Å². The maximum absolute atomic E-state index is 13.0. The normalized spacial score (nSPS) is 16.8. The zero-order valence-electron chi connectivity index (χ0n) is 14.9. The topological polar surface area (TPSA) is 40.6 Å². The van der Waals surface area contributed by atoms with Gasteiger partial charge in [0, 0.05) is 25.2 Å². The Balaban J connectivity index is 1.63. The SMILES string of the molecule is CCN(C(=O)CCc1ccc(F)cc1)C1CCN(c2ccccc2)C1=O. The maximum Gasteiger partial charge on any atom is 0.249 e. The molecule has 5 heteroatoms. The van der Waals surface area contributed by atoms with E-state index in [1.54, 1.807) is 21.9 Å². The Morgan fingerprint density at radius 3 is 2.50 bits per heavy atom. The average Bonchev–Trinajstić information content (AvgIpc) is 3.04. The van der Waals surface area contributed by atoms with Gasteiger partial charge >= 0.3 is 0 Å². The molecule has 0 bridgehead atoms. The number of likely N-dealkylation sites (N-methyl/N-ethyl adjacent to an activating group) is 1. The van der Waals surface area contributed by atoms with E-state index in [2.05, 4.69) is 0 Å². The van der Waals surface area contributed by atoms with Crippen LogP contribution in [0.25, 0.3) is 0 Å². The van der Waals surface area contributed by atoms with E-state index in [-0.39, 0.29) is 17.6 Å². The first-order chi connectivity index (χ1) is 12.6. The molecule has 0 N–H and O–H groups in total. The van der Waals surface area contributed by atoms with E-state index in [4.69, 9.17) is 0 Å². The quantitative estimate of drug-likeness (QED) is 0.798. The molecule has 0 aliphatic carbocycles. The molecule has 2 amide bonds. The standard InChI is InChI=1S/C21H23FN2O2/c1-2-23(20(25)13-10-16-8-11-17(22)12-9-16)19-14-15-24(21(19)26)18-6-4-3-5-7-18/h3-9,11-12,19H,2,10,13-15H2,1H3. The second-order valence-corrected chi connectivity index (χ2v) is 6.44. The summed E-state index contributed by atoms with van der Waals surface area (Å²) in [6.45, 7) is 3.02. The average molecular weight is 354 g/mol. The Morgan fingerprint density at radius 1 is 1.15 bits per heavy atom. The van der Waals surface area contributed by atoms with Gasteiger partial charge in [-0.2, -0.15) is 0 Å². The van der Waals surface area contributed by atoms with Crippen LogP contribution >= 0.6 is 0 Å². The van der Waals surface area contributed by atoms with Crippen LogP contribution in [0.1, 0.15) is 25.3 Å². The number of rotatable bonds is 6. The number of carbonyl (C=O) groups excluding carboxylic acids is 2. The van der Waals surface area contributed by atoms with Crippen molar-refractivity contribution in [2.24, 2.45) is 0 Å². The summed E-state index contributed by atoms with van der Waals surface area (Å²) in [6, 6.07) is 15.3. The molecule has 0 saturated carbocycles. The third kappa shape index (κ3) is 3.93. The van der Waals surface area contributed by atoms with E-state index >= 15 is 0 Å². The highest BCUT2D eigenvalue weighted by molar-refractivity contribution is 6.01. The minimum Gasteiger partial charge on any atom is -0.331 e. The molecule has 1 saturated heterocycles. The fraction of sp³-hybridized carbons (Fsp3) is 0.333. The highest BCUT2D eigenvalue weighted by atomic mass is 19.1. The van der Waals surface area contributed by atoms with Crippen molar-refractivity contribution in [1.29, 1.82) is 0 Å². The van der Waals surface area contributed by atoms with Crippen LogP contribution in [0.3, 0.4) is 0 Å². The summed E-state index contributed by atoms with van der Waals surface area (Å²) in [6.07, 6.45) is 1.50. The number of para-hydroxylation sites is 1. The van der Waals surface area contributed by atoms with Crippen molar-refractivity contribution < 1.29 is 14.0 Å². The lowest BCUT2D eigenvalue weighted by atomic mass is 10.1. The van der Waals surface area contributed by atoms with Crippen LogP contribution in [-0.4, -0.2) is 35.8 Å². The van der Waals surface area contributed by atoms with E-state index in [9.17, 15) is 14.0 Å². The zero-order chi connectivity index (χ0) is 18.5. The second-order valence-electron chi connectivity index (χ2n) is 6.44. The lowest BCUT2D eigenvalue weighted by Crippen LogP contribution is -2.45. The fourth-order valence-electron chi connectivity index (χ4n) is 3.43. The van der Waals surface area contributed by atoms with Crippen molar-refractivity contribution >= 4 is 17.5 Å². The summed E-state index contributed by atoms with van der Waals surface area (Å²) in [5.41, 5.74) is 1.79. The summed E-state index contributed by atoms with van der Waals surface area (Å²) in [5.74, 6) is -0.342. The van der Waals surface area contributed by atoms with Crippen LogP contribution in [0.15, 0.2) is 54.6 Å². The highest BCUT2D eigenvalue weighted by Gasteiger charge is 2.37. The zero-order valence-corrected chi connectivity index (χ0v) is 14.9. The van der Waals surface area contributed by atoms with Crippen molar-refractivity contribution in [3.63, 3.8) is 0 Å². The lowest BCUT2D eigenvalue weighted by Gasteiger charge is -2.27. The van der Waals surface area contributed by atoms with Gasteiger partial charge in [-0.1, -0.05) is 30.3 Å². The first-order valence-corrected chi connectivity index (χ1v) is 9.00. The van der Waals surface area contributed by atoms with Crippen LogP contribution in [0.5, 0.6) is 0 Å². The molecule has 0 aromatic heterocycles. The van der Waals surface area contributed by atoms with Gasteiger partial charge in [0.15, 0.2) is 0 Å². The molecule has 26 heavy (non-hydrogen) atoms. The molecule has 2 aromatic carbocycles. The number of halogens is 1. The molecular weight excluding hydrogens is 331 g/mol. The molecule has 136 valence electrons. The van der Waals surface area contributed by atoms with E-state index in [0.717, 1.165) is 11.3 Å². The summed E-state index contributed by atoms with van der Waals surface area (Å²) >= 11 is 0. The molecule has 1 fully saturated rings. The van der Waals surface area contributed by atoms with Crippen molar-refractivity contribution in [2.45, 2.75) is 32.2 Å². The van der Waals surface area contributed by atoms with Crippen molar-refractivity contribution in [3.05, 3.63) is 66.0 Å². The van der Waals surface area contributed by atoms with Crippen molar-refractivity contribution in [3.8, 4) is 0 Å². The van der Waals surface area contributed by atoms with Gasteiger partial charge in [0.1, 0.15) is 11.9 Å². The first-order valence-electron chi connectivity index (χ1n) is 9.00. The number of amides is 2. The molecule has 1 unspecified atom stereocenters. The van der Waals surface area contributed by atoms with Gasteiger partial charge in [-0.25, -0.2) is 4.39 Å². The molecule has 1 heterocycles. The Morgan fingerprint density at radius 2 is 1.85 bits per heavy atom. The number of carbonyl (C=O) groups is 2. The molecule has 0 spiro atoms. The minimum atomic E-state index is -0.402. The smallest absolute Gasteiger partial charge is 0.249 e. The van der Waals surface area contributed by atoms with Crippen LogP contribution in [-0.2, 0) is 16.0 Å². The van der Waals surface area contributed by atoms with E-state index in [0.29, 0.717) is 32.4 Å². The van der Waals surface area contributed by atoms with Gasteiger partial charge in [-0.05, 0) is 49.6 Å². The molecule has 4 nitrogen and oxygen atoms in total. The van der Waals surface area contributed by atoms with Crippen molar-refractivity contribution in [1.82, 2.24) is 4.90 Å². The van der Waals surface area contributed by atoms with Crippen molar-refractivity contribution in [2.75, 3.05) is 18.0 Å². The first kappa shape index (κ1) is 18.1. The van der Waals surface area contributed by atoms with Crippen LogP contribution in [0, 0.1) is 5.82 Å². The fourth-order valence-corrected chi connectivity index (χ4v) is 3.43. The maximum atomic E-state index is 13.0. The third-order valence-corrected chi connectivity index (χ3v) is 4.82. The van der Waals surface area contributed by atoms with Gasteiger partial charge in [0.05, 0.1) is 0 Å².